The van der Waals surface area contributed by atoms with E-state index in [0.29, 0.717) is 0 Å². The molecular weight excluding hydrogens is 260 g/mol. The number of nitrogens with zero attached hydrogens (tertiary/aromatic N) is 3. The van der Waals surface area contributed by atoms with E-state index in [2.05, 4.69) is 51.4 Å². The van der Waals surface area contributed by atoms with Crippen LogP contribution >= 0.6 is 0 Å². The van der Waals surface area contributed by atoms with Gasteiger partial charge in [0, 0.05) is 38.4 Å². The van der Waals surface area contributed by atoms with Crippen molar-refractivity contribution >= 4 is 5.95 Å². The number of rotatable bonds is 3. The second kappa shape index (κ2) is 6.68. The van der Waals surface area contributed by atoms with Gasteiger partial charge < -0.3 is 10.2 Å². The summed E-state index contributed by atoms with van der Waals surface area (Å²) in [5.74, 6) is 0.854. The third-order valence-electron chi connectivity index (χ3n) is 3.97. The fraction of sp³-hybridized carbons (Fsp3) is 0.412. The van der Waals surface area contributed by atoms with Crippen molar-refractivity contribution in [2.24, 2.45) is 0 Å². The van der Waals surface area contributed by atoms with Gasteiger partial charge in [0.05, 0.1) is 0 Å². The third kappa shape index (κ3) is 3.58. The van der Waals surface area contributed by atoms with E-state index in [9.17, 15) is 0 Å². The zero-order valence-corrected chi connectivity index (χ0v) is 12.5. The van der Waals surface area contributed by atoms with Crippen LogP contribution in [0.15, 0.2) is 36.7 Å². The van der Waals surface area contributed by atoms with E-state index in [-0.39, 0.29) is 0 Å². The quantitative estimate of drug-likeness (QED) is 0.937. The summed E-state index contributed by atoms with van der Waals surface area (Å²) in [6.45, 7) is 6.26. The van der Waals surface area contributed by atoms with E-state index in [1.165, 1.54) is 16.7 Å². The number of hydrogen-bond donors (Lipinski definition) is 1. The molecule has 0 saturated carbocycles. The predicted molar refractivity (Wildman–Crippen MR) is 85.7 cm³/mol. The molecule has 1 aliphatic heterocycles. The van der Waals surface area contributed by atoms with Gasteiger partial charge in [0.2, 0.25) is 5.95 Å². The minimum atomic E-state index is 0.854. The summed E-state index contributed by atoms with van der Waals surface area (Å²) in [6, 6.07) is 8.48. The first kappa shape index (κ1) is 14.0. The SMILES string of the molecule is Cc1ccccc1Cc1cnc(N2CCCNCC2)nc1. The van der Waals surface area contributed by atoms with Gasteiger partial charge in [0.1, 0.15) is 0 Å². The number of aromatic nitrogens is 2. The van der Waals surface area contributed by atoms with Crippen LogP contribution in [0.3, 0.4) is 0 Å². The van der Waals surface area contributed by atoms with Gasteiger partial charge in [-0.3, -0.25) is 0 Å². The van der Waals surface area contributed by atoms with Crippen molar-refractivity contribution in [3.8, 4) is 0 Å². The van der Waals surface area contributed by atoms with Crippen molar-refractivity contribution in [2.45, 2.75) is 19.8 Å². The van der Waals surface area contributed by atoms with Crippen LogP contribution in [0.5, 0.6) is 0 Å². The van der Waals surface area contributed by atoms with Gasteiger partial charge in [-0.2, -0.15) is 0 Å². The molecule has 1 aliphatic rings. The Kier molecular flexibility index (Phi) is 4.46. The molecule has 0 amide bonds. The normalized spacial score (nSPS) is 15.8. The molecule has 1 saturated heterocycles. The van der Waals surface area contributed by atoms with Gasteiger partial charge in [0.25, 0.3) is 0 Å². The Bertz CT molecular complexity index is 572. The lowest BCUT2D eigenvalue weighted by Crippen LogP contribution is -2.29. The summed E-state index contributed by atoms with van der Waals surface area (Å²) in [6.07, 6.45) is 5.98. The van der Waals surface area contributed by atoms with Crippen molar-refractivity contribution in [3.63, 3.8) is 0 Å². The van der Waals surface area contributed by atoms with E-state index in [4.69, 9.17) is 0 Å². The van der Waals surface area contributed by atoms with Crippen molar-refractivity contribution in [3.05, 3.63) is 53.3 Å². The summed E-state index contributed by atoms with van der Waals surface area (Å²) in [7, 11) is 0. The van der Waals surface area contributed by atoms with Crippen molar-refractivity contribution < 1.29 is 0 Å². The zero-order valence-electron chi connectivity index (χ0n) is 12.5. The van der Waals surface area contributed by atoms with E-state index in [1.54, 1.807) is 0 Å². The summed E-state index contributed by atoms with van der Waals surface area (Å²) in [5, 5.41) is 3.40. The van der Waals surface area contributed by atoms with Crippen LogP contribution in [0.2, 0.25) is 0 Å². The summed E-state index contributed by atoms with van der Waals surface area (Å²) >= 11 is 0. The minimum absolute atomic E-state index is 0.854. The lowest BCUT2D eigenvalue weighted by Gasteiger charge is -2.19. The highest BCUT2D eigenvalue weighted by atomic mass is 15.3. The molecule has 21 heavy (non-hydrogen) atoms. The smallest absolute Gasteiger partial charge is 0.225 e. The fourth-order valence-corrected chi connectivity index (χ4v) is 2.68. The summed E-state index contributed by atoms with van der Waals surface area (Å²) < 4.78 is 0. The fourth-order valence-electron chi connectivity index (χ4n) is 2.68. The molecule has 110 valence electrons. The average Bonchev–Trinajstić information content (AvgIpc) is 2.80. The predicted octanol–water partition coefficient (Wildman–Crippen LogP) is 2.18. The van der Waals surface area contributed by atoms with Crippen LogP contribution < -0.4 is 10.2 Å². The standard InChI is InChI=1S/C17H22N4/c1-14-5-2-3-6-16(14)11-15-12-19-17(20-13-15)21-9-4-7-18-8-10-21/h2-3,5-6,12-13,18H,4,7-11H2,1H3. The molecule has 0 spiro atoms. The highest BCUT2D eigenvalue weighted by Crippen LogP contribution is 2.14. The lowest BCUT2D eigenvalue weighted by molar-refractivity contribution is 0.724. The Morgan fingerprint density at radius 3 is 2.71 bits per heavy atom. The van der Waals surface area contributed by atoms with Crippen LogP contribution in [-0.4, -0.2) is 36.1 Å². The van der Waals surface area contributed by atoms with Crippen LogP contribution in [0, 0.1) is 6.92 Å². The van der Waals surface area contributed by atoms with Crippen LogP contribution in [0.25, 0.3) is 0 Å². The highest BCUT2D eigenvalue weighted by molar-refractivity contribution is 5.34. The molecular formula is C17H22N4. The van der Waals surface area contributed by atoms with Crippen molar-refractivity contribution in [1.82, 2.24) is 15.3 Å². The Labute approximate surface area is 126 Å². The molecule has 3 rings (SSSR count). The van der Waals surface area contributed by atoms with Gasteiger partial charge in [-0.05, 0) is 36.6 Å². The van der Waals surface area contributed by atoms with E-state index in [1.807, 2.05) is 12.4 Å². The first-order chi connectivity index (χ1) is 10.3. The number of nitrogens with one attached hydrogen (secondary N) is 1. The maximum Gasteiger partial charge on any atom is 0.225 e. The molecule has 0 bridgehead atoms. The maximum atomic E-state index is 4.56. The van der Waals surface area contributed by atoms with Crippen molar-refractivity contribution in [1.29, 1.82) is 0 Å². The molecule has 2 aromatic rings. The summed E-state index contributed by atoms with van der Waals surface area (Å²) in [5.41, 5.74) is 3.83. The van der Waals surface area contributed by atoms with E-state index >= 15 is 0 Å². The largest absolute Gasteiger partial charge is 0.340 e. The highest BCUT2D eigenvalue weighted by Gasteiger charge is 2.11. The van der Waals surface area contributed by atoms with Gasteiger partial charge in [-0.15, -0.1) is 0 Å². The Hall–Kier alpha value is -1.94. The number of benzene rings is 1. The van der Waals surface area contributed by atoms with Crippen LogP contribution in [0.1, 0.15) is 23.1 Å². The van der Waals surface area contributed by atoms with Gasteiger partial charge in [0.15, 0.2) is 0 Å². The van der Waals surface area contributed by atoms with E-state index in [0.717, 1.165) is 45.0 Å². The monoisotopic (exact) mass is 282 g/mol. The summed E-state index contributed by atoms with van der Waals surface area (Å²) in [4.78, 5) is 11.4. The second-order valence-corrected chi connectivity index (χ2v) is 5.59. The second-order valence-electron chi connectivity index (χ2n) is 5.59. The van der Waals surface area contributed by atoms with Gasteiger partial charge in [-0.25, -0.2) is 9.97 Å². The molecule has 0 radical (unpaired) electrons. The molecule has 4 nitrogen and oxygen atoms in total. The number of anilines is 1. The Balaban J connectivity index is 1.70. The van der Waals surface area contributed by atoms with Crippen LogP contribution in [-0.2, 0) is 6.42 Å². The Morgan fingerprint density at radius 2 is 1.90 bits per heavy atom. The lowest BCUT2D eigenvalue weighted by atomic mass is 10.0. The topological polar surface area (TPSA) is 41.1 Å². The first-order valence-electron chi connectivity index (χ1n) is 7.64. The number of hydrogen-bond acceptors (Lipinski definition) is 4. The molecule has 4 heteroatoms. The minimum Gasteiger partial charge on any atom is -0.340 e. The third-order valence-corrected chi connectivity index (χ3v) is 3.97. The molecule has 1 fully saturated rings. The van der Waals surface area contributed by atoms with E-state index < -0.39 is 0 Å². The van der Waals surface area contributed by atoms with Gasteiger partial charge >= 0.3 is 0 Å². The molecule has 2 heterocycles. The zero-order chi connectivity index (χ0) is 14.5. The Morgan fingerprint density at radius 1 is 1.10 bits per heavy atom. The average molecular weight is 282 g/mol. The van der Waals surface area contributed by atoms with Gasteiger partial charge in [-0.1, -0.05) is 24.3 Å². The van der Waals surface area contributed by atoms with Crippen LogP contribution in [0.4, 0.5) is 5.95 Å². The molecule has 0 unspecified atom stereocenters. The molecule has 1 aromatic heterocycles. The molecule has 0 aliphatic carbocycles. The molecule has 1 aromatic carbocycles. The van der Waals surface area contributed by atoms with Crippen molar-refractivity contribution in [2.75, 3.05) is 31.1 Å². The maximum absolute atomic E-state index is 4.56. The molecule has 0 atom stereocenters. The molecule has 1 N–H and O–H groups in total. The first-order valence-corrected chi connectivity index (χ1v) is 7.64. The number of aryl methyl sites for hydroxylation is 1.